The number of thiophene rings is 1. The Morgan fingerprint density at radius 2 is 2.33 bits per heavy atom. The zero-order valence-corrected chi connectivity index (χ0v) is 12.0. The van der Waals surface area contributed by atoms with Crippen LogP contribution in [0.1, 0.15) is 11.9 Å². The lowest BCUT2D eigenvalue weighted by molar-refractivity contribution is 0.0222. The molecule has 1 saturated heterocycles. The molecule has 0 aromatic carbocycles. The molecule has 1 aliphatic heterocycles. The zero-order chi connectivity index (χ0) is 12.4. The molecule has 0 saturated carbocycles. The molecule has 2 aromatic heterocycles. The average Bonchev–Trinajstić information content (AvgIpc) is 2.87. The maximum Gasteiger partial charge on any atom is 0.159 e. The third kappa shape index (κ3) is 2.61. The van der Waals surface area contributed by atoms with Gasteiger partial charge in [0, 0.05) is 19.3 Å². The van der Waals surface area contributed by atoms with Crippen molar-refractivity contribution >= 4 is 27.3 Å². The lowest BCUT2D eigenvalue weighted by Crippen LogP contribution is -2.34. The first-order valence-electron chi connectivity index (χ1n) is 5.74. The van der Waals surface area contributed by atoms with Gasteiger partial charge >= 0.3 is 0 Å². The number of nitrogens with zero attached hydrogens (tertiary/aromatic N) is 2. The van der Waals surface area contributed by atoms with Gasteiger partial charge in [-0.2, -0.15) is 0 Å². The summed E-state index contributed by atoms with van der Waals surface area (Å²) in [7, 11) is 0. The molecule has 1 atom stereocenters. The molecule has 3 heterocycles. The molecule has 0 radical (unpaired) electrons. The molecule has 1 fully saturated rings. The van der Waals surface area contributed by atoms with E-state index in [4.69, 9.17) is 4.74 Å². The summed E-state index contributed by atoms with van der Waals surface area (Å²) in [4.78, 5) is 10.0. The fourth-order valence-corrected chi connectivity index (χ4v) is 3.21. The van der Waals surface area contributed by atoms with Gasteiger partial charge in [-0.15, -0.1) is 11.3 Å². The number of hydrogen-bond donors (Lipinski definition) is 1. The van der Waals surface area contributed by atoms with Gasteiger partial charge in [-0.1, -0.05) is 0 Å². The summed E-state index contributed by atoms with van der Waals surface area (Å²) in [5.74, 6) is 0.754. The summed E-state index contributed by atoms with van der Waals surface area (Å²) < 4.78 is 6.77. The predicted octanol–water partition coefficient (Wildman–Crippen LogP) is 2.63. The average molecular weight is 326 g/mol. The van der Waals surface area contributed by atoms with Crippen LogP contribution in [0.4, 0.5) is 0 Å². The molecule has 4 nitrogen and oxygen atoms in total. The Morgan fingerprint density at radius 3 is 3.06 bits per heavy atom. The number of aromatic nitrogens is 2. The van der Waals surface area contributed by atoms with Crippen LogP contribution < -0.4 is 5.32 Å². The van der Waals surface area contributed by atoms with E-state index in [0.717, 1.165) is 33.3 Å². The van der Waals surface area contributed by atoms with Crippen LogP contribution in [0.2, 0.25) is 0 Å². The summed E-state index contributed by atoms with van der Waals surface area (Å²) in [5.41, 5.74) is 0.949. The van der Waals surface area contributed by atoms with E-state index in [-0.39, 0.29) is 6.10 Å². The SMILES string of the molecule is Brc1ccc(-c2ccnc(C3CNCCO3)n2)s1. The summed E-state index contributed by atoms with van der Waals surface area (Å²) in [6.45, 7) is 2.38. The highest BCUT2D eigenvalue weighted by Crippen LogP contribution is 2.30. The Hall–Kier alpha value is -0.820. The van der Waals surface area contributed by atoms with Crippen LogP contribution in [0.3, 0.4) is 0 Å². The molecule has 0 spiro atoms. The van der Waals surface area contributed by atoms with Gasteiger partial charge in [0.05, 0.1) is 21.0 Å². The molecule has 0 amide bonds. The second-order valence-electron chi connectivity index (χ2n) is 3.97. The van der Waals surface area contributed by atoms with Crippen LogP contribution >= 0.6 is 27.3 Å². The van der Waals surface area contributed by atoms with E-state index in [1.54, 1.807) is 17.5 Å². The molecule has 94 valence electrons. The number of halogens is 1. The molecule has 1 unspecified atom stereocenters. The van der Waals surface area contributed by atoms with E-state index in [0.29, 0.717) is 6.61 Å². The smallest absolute Gasteiger partial charge is 0.159 e. The maximum absolute atomic E-state index is 5.67. The number of nitrogens with one attached hydrogen (secondary N) is 1. The summed E-state index contributed by atoms with van der Waals surface area (Å²) in [6, 6.07) is 6.01. The van der Waals surface area contributed by atoms with Crippen LogP contribution in [0.15, 0.2) is 28.2 Å². The van der Waals surface area contributed by atoms with Gasteiger partial charge in [-0.3, -0.25) is 0 Å². The zero-order valence-electron chi connectivity index (χ0n) is 9.60. The van der Waals surface area contributed by atoms with E-state index >= 15 is 0 Å². The second-order valence-corrected chi connectivity index (χ2v) is 6.43. The largest absolute Gasteiger partial charge is 0.368 e. The van der Waals surface area contributed by atoms with Crippen LogP contribution in [-0.2, 0) is 4.74 Å². The molecule has 6 heteroatoms. The van der Waals surface area contributed by atoms with Crippen molar-refractivity contribution < 1.29 is 4.74 Å². The van der Waals surface area contributed by atoms with Gasteiger partial charge in [0.15, 0.2) is 5.82 Å². The summed E-state index contributed by atoms with van der Waals surface area (Å²) in [6.07, 6.45) is 1.76. The number of rotatable bonds is 2. The fourth-order valence-electron chi connectivity index (χ4n) is 1.85. The van der Waals surface area contributed by atoms with Crippen LogP contribution in [0.5, 0.6) is 0 Å². The van der Waals surface area contributed by atoms with Gasteiger partial charge in [0.1, 0.15) is 6.10 Å². The highest BCUT2D eigenvalue weighted by atomic mass is 79.9. The van der Waals surface area contributed by atoms with Crippen molar-refractivity contribution in [3.8, 4) is 10.6 Å². The lowest BCUT2D eigenvalue weighted by atomic mass is 10.2. The Labute approximate surface area is 118 Å². The molecule has 18 heavy (non-hydrogen) atoms. The number of ether oxygens (including phenoxy) is 1. The van der Waals surface area contributed by atoms with E-state index in [1.165, 1.54) is 0 Å². The van der Waals surface area contributed by atoms with Crippen molar-refractivity contribution in [3.05, 3.63) is 34.0 Å². The maximum atomic E-state index is 5.67. The minimum atomic E-state index is -0.0397. The van der Waals surface area contributed by atoms with E-state index < -0.39 is 0 Å². The summed E-state index contributed by atoms with van der Waals surface area (Å²) in [5, 5.41) is 3.29. The third-order valence-electron chi connectivity index (χ3n) is 2.72. The normalized spacial score (nSPS) is 19.9. The van der Waals surface area contributed by atoms with Gasteiger partial charge < -0.3 is 10.1 Å². The van der Waals surface area contributed by atoms with Crippen LogP contribution in [0.25, 0.3) is 10.6 Å². The van der Waals surface area contributed by atoms with E-state index in [9.17, 15) is 0 Å². The van der Waals surface area contributed by atoms with Gasteiger partial charge in [-0.25, -0.2) is 9.97 Å². The second kappa shape index (κ2) is 5.44. The molecule has 1 N–H and O–H groups in total. The highest BCUT2D eigenvalue weighted by molar-refractivity contribution is 9.11. The number of hydrogen-bond acceptors (Lipinski definition) is 5. The topological polar surface area (TPSA) is 47.0 Å². The first-order valence-corrected chi connectivity index (χ1v) is 7.35. The van der Waals surface area contributed by atoms with Gasteiger partial charge in [0.2, 0.25) is 0 Å². The van der Waals surface area contributed by atoms with Crippen molar-refractivity contribution in [1.82, 2.24) is 15.3 Å². The number of morpholine rings is 1. The van der Waals surface area contributed by atoms with Gasteiger partial charge in [0.25, 0.3) is 0 Å². The van der Waals surface area contributed by atoms with Crippen LogP contribution in [-0.4, -0.2) is 29.7 Å². The fraction of sp³-hybridized carbons (Fsp3) is 0.333. The molecule has 3 rings (SSSR count). The Bertz CT molecular complexity index is 540. The third-order valence-corrected chi connectivity index (χ3v) is 4.36. The standard InChI is InChI=1S/C12H12BrN3OS/c13-11-2-1-10(18-11)8-3-4-15-12(16-8)9-7-14-5-6-17-9/h1-4,9,14H,5-7H2. The van der Waals surface area contributed by atoms with E-state index in [2.05, 4.69) is 37.3 Å². The van der Waals surface area contributed by atoms with Crippen molar-refractivity contribution in [2.75, 3.05) is 19.7 Å². The lowest BCUT2D eigenvalue weighted by Gasteiger charge is -2.22. The van der Waals surface area contributed by atoms with Crippen molar-refractivity contribution in [2.45, 2.75) is 6.10 Å². The molecular weight excluding hydrogens is 314 g/mol. The predicted molar refractivity (Wildman–Crippen MR) is 74.6 cm³/mol. The van der Waals surface area contributed by atoms with Gasteiger partial charge in [-0.05, 0) is 34.1 Å². The van der Waals surface area contributed by atoms with Crippen molar-refractivity contribution in [2.24, 2.45) is 0 Å². The van der Waals surface area contributed by atoms with Crippen molar-refractivity contribution in [1.29, 1.82) is 0 Å². The molecule has 0 aliphatic carbocycles. The Kier molecular flexibility index (Phi) is 3.69. The van der Waals surface area contributed by atoms with Crippen molar-refractivity contribution in [3.63, 3.8) is 0 Å². The van der Waals surface area contributed by atoms with Crippen LogP contribution in [0, 0.1) is 0 Å². The molecule has 2 aromatic rings. The first-order chi connectivity index (χ1) is 8.83. The Morgan fingerprint density at radius 1 is 1.39 bits per heavy atom. The monoisotopic (exact) mass is 325 g/mol. The minimum Gasteiger partial charge on any atom is -0.368 e. The molecular formula is C12H12BrN3OS. The molecule has 1 aliphatic rings. The molecule has 0 bridgehead atoms. The quantitative estimate of drug-likeness (QED) is 0.922. The minimum absolute atomic E-state index is 0.0397. The highest BCUT2D eigenvalue weighted by Gasteiger charge is 2.19. The Balaban J connectivity index is 1.88. The summed E-state index contributed by atoms with van der Waals surface area (Å²) >= 11 is 5.13. The first kappa shape index (κ1) is 12.2. The van der Waals surface area contributed by atoms with E-state index in [1.807, 2.05) is 12.1 Å².